The molecular weight excluding hydrogens is 402 g/mol. The monoisotopic (exact) mass is 433 g/mol. The minimum absolute atomic E-state index is 0.00275. The minimum Gasteiger partial charge on any atom is -0.491 e. The number of para-hydroxylation sites is 1. The molecule has 0 spiro atoms. The molecule has 7 heteroatoms. The number of nitrogens with zero attached hydrogens (tertiary/aromatic N) is 5. The van der Waals surface area contributed by atoms with Gasteiger partial charge in [0.1, 0.15) is 24.0 Å². The second-order valence-corrected chi connectivity index (χ2v) is 8.29. The van der Waals surface area contributed by atoms with Crippen LogP contribution in [-0.4, -0.2) is 64.0 Å². The van der Waals surface area contributed by atoms with Crippen molar-refractivity contribution >= 4 is 5.91 Å². The molecular formula is C25H31N5O2. The van der Waals surface area contributed by atoms with Crippen LogP contribution in [0.25, 0.3) is 5.82 Å². The molecule has 0 radical (unpaired) electrons. The number of likely N-dealkylation sites (N-methyl/N-ethyl adjacent to an activating group) is 1. The standard InChI is InChI=1S/C25H31N5O2/c1-4-23-26-14-16-30(23)24-13-7-10-20(27-24)21-11-8-15-29(21)25(31)19-9-5-6-12-22(19)32-18-17-28(2)3/h5-7,9-10,12-14,16,21H,4,8,11,15,17-18H2,1-3H3/t21-/m1/s1. The number of amides is 1. The highest BCUT2D eigenvalue weighted by Crippen LogP contribution is 2.34. The summed E-state index contributed by atoms with van der Waals surface area (Å²) < 4.78 is 7.96. The van der Waals surface area contributed by atoms with Crippen LogP contribution in [0.5, 0.6) is 5.75 Å². The van der Waals surface area contributed by atoms with Gasteiger partial charge >= 0.3 is 0 Å². The molecule has 0 unspecified atom stereocenters. The molecule has 1 aromatic carbocycles. The van der Waals surface area contributed by atoms with E-state index in [4.69, 9.17) is 9.72 Å². The second-order valence-electron chi connectivity index (χ2n) is 8.29. The molecule has 1 atom stereocenters. The van der Waals surface area contributed by atoms with Crippen molar-refractivity contribution in [3.05, 3.63) is 71.9 Å². The van der Waals surface area contributed by atoms with Gasteiger partial charge in [-0.1, -0.05) is 25.1 Å². The molecule has 7 nitrogen and oxygen atoms in total. The fourth-order valence-electron chi connectivity index (χ4n) is 4.14. The first-order valence-corrected chi connectivity index (χ1v) is 11.3. The fourth-order valence-corrected chi connectivity index (χ4v) is 4.14. The van der Waals surface area contributed by atoms with E-state index in [1.807, 2.05) is 72.2 Å². The zero-order valence-electron chi connectivity index (χ0n) is 19.1. The molecule has 3 aromatic rings. The third-order valence-corrected chi connectivity index (χ3v) is 5.80. The van der Waals surface area contributed by atoms with Gasteiger partial charge in [0.05, 0.1) is 17.3 Å². The van der Waals surface area contributed by atoms with Gasteiger partial charge < -0.3 is 14.5 Å². The Morgan fingerprint density at radius 2 is 2.03 bits per heavy atom. The summed E-state index contributed by atoms with van der Waals surface area (Å²) in [5, 5.41) is 0. The van der Waals surface area contributed by atoms with Gasteiger partial charge in [0.15, 0.2) is 0 Å². The van der Waals surface area contributed by atoms with Gasteiger partial charge in [-0.3, -0.25) is 9.36 Å². The van der Waals surface area contributed by atoms with Gasteiger partial charge in [-0.2, -0.15) is 0 Å². The molecule has 4 rings (SSSR count). The minimum atomic E-state index is -0.0501. The summed E-state index contributed by atoms with van der Waals surface area (Å²) in [6.07, 6.45) is 6.42. The molecule has 0 saturated carbocycles. The number of carbonyl (C=O) groups is 1. The van der Waals surface area contributed by atoms with E-state index in [9.17, 15) is 4.79 Å². The van der Waals surface area contributed by atoms with Crippen molar-refractivity contribution in [2.24, 2.45) is 0 Å². The molecule has 32 heavy (non-hydrogen) atoms. The van der Waals surface area contributed by atoms with Crippen LogP contribution in [0.4, 0.5) is 0 Å². The number of hydrogen-bond donors (Lipinski definition) is 0. The first-order valence-electron chi connectivity index (χ1n) is 11.3. The highest BCUT2D eigenvalue weighted by Gasteiger charge is 2.33. The molecule has 0 aliphatic carbocycles. The second kappa shape index (κ2) is 9.96. The van der Waals surface area contributed by atoms with Crippen molar-refractivity contribution < 1.29 is 9.53 Å². The van der Waals surface area contributed by atoms with E-state index in [1.54, 1.807) is 6.20 Å². The normalized spacial score (nSPS) is 16.0. The van der Waals surface area contributed by atoms with E-state index in [-0.39, 0.29) is 11.9 Å². The number of benzene rings is 1. The maximum atomic E-state index is 13.6. The summed E-state index contributed by atoms with van der Waals surface area (Å²) in [6, 6.07) is 13.5. The van der Waals surface area contributed by atoms with Gasteiger partial charge in [0.2, 0.25) is 0 Å². The van der Waals surface area contributed by atoms with Crippen LogP contribution in [-0.2, 0) is 6.42 Å². The zero-order valence-corrected chi connectivity index (χ0v) is 19.1. The summed E-state index contributed by atoms with van der Waals surface area (Å²) >= 11 is 0. The Bertz CT molecular complexity index is 1060. The smallest absolute Gasteiger partial charge is 0.258 e. The molecule has 0 bridgehead atoms. The van der Waals surface area contributed by atoms with Crippen molar-refractivity contribution in [3.8, 4) is 11.6 Å². The van der Waals surface area contributed by atoms with Crippen LogP contribution < -0.4 is 4.74 Å². The van der Waals surface area contributed by atoms with E-state index in [0.717, 1.165) is 43.1 Å². The molecule has 2 aromatic heterocycles. The summed E-state index contributed by atoms with van der Waals surface area (Å²) in [6.45, 7) is 4.12. The highest BCUT2D eigenvalue weighted by atomic mass is 16.5. The van der Waals surface area contributed by atoms with Crippen LogP contribution in [0, 0.1) is 0 Å². The molecule has 1 aliphatic rings. The molecule has 1 aliphatic heterocycles. The molecule has 1 amide bonds. The van der Waals surface area contributed by atoms with Crippen molar-refractivity contribution in [1.29, 1.82) is 0 Å². The number of pyridine rings is 1. The van der Waals surface area contributed by atoms with E-state index in [0.29, 0.717) is 24.5 Å². The van der Waals surface area contributed by atoms with Crippen LogP contribution in [0.1, 0.15) is 47.7 Å². The maximum Gasteiger partial charge on any atom is 0.258 e. The average molecular weight is 434 g/mol. The Hall–Kier alpha value is -3.19. The topological polar surface area (TPSA) is 63.5 Å². The Morgan fingerprint density at radius 1 is 1.19 bits per heavy atom. The summed E-state index contributed by atoms with van der Waals surface area (Å²) in [5.41, 5.74) is 1.52. The third-order valence-electron chi connectivity index (χ3n) is 5.80. The van der Waals surface area contributed by atoms with Crippen LogP contribution >= 0.6 is 0 Å². The summed E-state index contributed by atoms with van der Waals surface area (Å²) in [5.74, 6) is 2.44. The predicted octanol–water partition coefficient (Wildman–Crippen LogP) is 3.75. The van der Waals surface area contributed by atoms with Gasteiger partial charge in [0, 0.05) is 31.9 Å². The van der Waals surface area contributed by atoms with Crippen LogP contribution in [0.15, 0.2) is 54.9 Å². The predicted molar refractivity (Wildman–Crippen MR) is 124 cm³/mol. The molecule has 0 N–H and O–H groups in total. The van der Waals surface area contributed by atoms with Gasteiger partial charge in [-0.25, -0.2) is 9.97 Å². The van der Waals surface area contributed by atoms with Crippen molar-refractivity contribution in [1.82, 2.24) is 24.3 Å². The Kier molecular flexibility index (Phi) is 6.85. The fraction of sp³-hybridized carbons (Fsp3) is 0.400. The number of imidazole rings is 1. The van der Waals surface area contributed by atoms with Crippen molar-refractivity contribution in [3.63, 3.8) is 0 Å². The maximum absolute atomic E-state index is 13.6. The first-order chi connectivity index (χ1) is 15.6. The van der Waals surface area contributed by atoms with E-state index >= 15 is 0 Å². The average Bonchev–Trinajstić information content (AvgIpc) is 3.48. The molecule has 1 saturated heterocycles. The summed E-state index contributed by atoms with van der Waals surface area (Å²) in [7, 11) is 4.01. The molecule has 168 valence electrons. The number of aryl methyl sites for hydroxylation is 1. The number of carbonyl (C=O) groups excluding carboxylic acids is 1. The van der Waals surface area contributed by atoms with Gasteiger partial charge in [-0.15, -0.1) is 0 Å². The number of likely N-dealkylation sites (tertiary alicyclic amines) is 1. The largest absolute Gasteiger partial charge is 0.491 e. The number of hydrogen-bond acceptors (Lipinski definition) is 5. The quantitative estimate of drug-likeness (QED) is 0.541. The van der Waals surface area contributed by atoms with Crippen LogP contribution in [0.3, 0.4) is 0 Å². The van der Waals surface area contributed by atoms with Crippen molar-refractivity contribution in [2.75, 3.05) is 33.8 Å². The van der Waals surface area contributed by atoms with Crippen molar-refractivity contribution in [2.45, 2.75) is 32.2 Å². The Labute approximate surface area is 189 Å². The number of ether oxygens (including phenoxy) is 1. The lowest BCUT2D eigenvalue weighted by molar-refractivity contribution is 0.0728. The lowest BCUT2D eigenvalue weighted by Crippen LogP contribution is -2.31. The highest BCUT2D eigenvalue weighted by molar-refractivity contribution is 5.97. The lowest BCUT2D eigenvalue weighted by atomic mass is 10.1. The van der Waals surface area contributed by atoms with E-state index < -0.39 is 0 Å². The lowest BCUT2D eigenvalue weighted by Gasteiger charge is -2.26. The number of aromatic nitrogens is 3. The van der Waals surface area contributed by atoms with E-state index in [1.165, 1.54) is 0 Å². The Morgan fingerprint density at radius 3 is 2.84 bits per heavy atom. The SMILES string of the molecule is CCc1nccn1-c1cccc([C@H]2CCCN2C(=O)c2ccccc2OCCN(C)C)n1. The van der Waals surface area contributed by atoms with E-state index in [2.05, 4.69) is 16.8 Å². The van der Waals surface area contributed by atoms with Crippen LogP contribution in [0.2, 0.25) is 0 Å². The molecule has 3 heterocycles. The first kappa shape index (κ1) is 22.0. The third kappa shape index (κ3) is 4.67. The molecule has 1 fully saturated rings. The summed E-state index contributed by atoms with van der Waals surface area (Å²) in [4.78, 5) is 26.9. The number of rotatable bonds is 8. The Balaban J connectivity index is 1.57. The zero-order chi connectivity index (χ0) is 22.5. The van der Waals surface area contributed by atoms with Gasteiger partial charge in [-0.05, 0) is 51.2 Å². The van der Waals surface area contributed by atoms with Gasteiger partial charge in [0.25, 0.3) is 5.91 Å².